The molecule has 2 aromatic rings. The van der Waals surface area contributed by atoms with Crippen molar-refractivity contribution in [1.82, 2.24) is 0 Å². The molecular formula is C23H24N2O5. The first-order valence-corrected chi connectivity index (χ1v) is 9.43. The molecule has 0 atom stereocenters. The Morgan fingerprint density at radius 1 is 1.17 bits per heavy atom. The zero-order chi connectivity index (χ0) is 22.1. The van der Waals surface area contributed by atoms with Crippen LogP contribution in [0.5, 0.6) is 11.5 Å². The van der Waals surface area contributed by atoms with Crippen LogP contribution < -0.4 is 14.8 Å². The lowest BCUT2D eigenvalue weighted by Gasteiger charge is -2.16. The minimum atomic E-state index is -0.584. The highest BCUT2D eigenvalue weighted by Gasteiger charge is 2.15. The summed E-state index contributed by atoms with van der Waals surface area (Å²) in [5.41, 5.74) is 1.26. The highest BCUT2D eigenvalue weighted by Crippen LogP contribution is 2.33. The van der Waals surface area contributed by atoms with Crippen LogP contribution in [0.2, 0.25) is 0 Å². The van der Waals surface area contributed by atoms with Gasteiger partial charge in [-0.1, -0.05) is 12.1 Å². The lowest BCUT2D eigenvalue weighted by atomic mass is 10.1. The number of hydrogen-bond donors (Lipinski definition) is 1. The number of para-hydroxylation sites is 1. The third-order valence-electron chi connectivity index (χ3n) is 3.90. The third kappa shape index (κ3) is 5.85. The molecule has 7 heteroatoms. The summed E-state index contributed by atoms with van der Waals surface area (Å²) in [5.74, 6) is -0.0672. The Balaban J connectivity index is 2.26. The molecule has 1 amide bonds. The van der Waals surface area contributed by atoms with Gasteiger partial charge in [-0.05, 0) is 57.2 Å². The Morgan fingerprint density at radius 3 is 2.43 bits per heavy atom. The van der Waals surface area contributed by atoms with Gasteiger partial charge in [0, 0.05) is 11.3 Å². The van der Waals surface area contributed by atoms with Crippen molar-refractivity contribution in [3.63, 3.8) is 0 Å². The number of amides is 1. The molecule has 2 rings (SSSR count). The molecule has 0 unspecified atom stereocenters. The Bertz CT molecular complexity index is 972. The molecule has 0 saturated carbocycles. The minimum absolute atomic E-state index is 0.105. The van der Waals surface area contributed by atoms with Gasteiger partial charge < -0.3 is 19.5 Å². The molecule has 0 aliphatic heterocycles. The first-order chi connectivity index (χ1) is 14.4. The van der Waals surface area contributed by atoms with Crippen LogP contribution in [-0.2, 0) is 9.53 Å². The molecule has 0 radical (unpaired) electrons. The average Bonchev–Trinajstić information content (AvgIpc) is 2.73. The monoisotopic (exact) mass is 408 g/mol. The summed E-state index contributed by atoms with van der Waals surface area (Å²) in [4.78, 5) is 24.3. The van der Waals surface area contributed by atoms with Crippen LogP contribution in [0.1, 0.15) is 36.7 Å². The molecule has 0 heterocycles. The molecule has 0 saturated heterocycles. The molecule has 0 aliphatic rings. The molecular weight excluding hydrogens is 384 g/mol. The van der Waals surface area contributed by atoms with Crippen molar-refractivity contribution in [2.75, 3.05) is 19.0 Å². The van der Waals surface area contributed by atoms with Crippen LogP contribution in [0.3, 0.4) is 0 Å². The highest BCUT2D eigenvalue weighted by atomic mass is 16.5. The number of carbonyl (C=O) groups is 2. The quantitative estimate of drug-likeness (QED) is 0.399. The maximum Gasteiger partial charge on any atom is 0.338 e. The van der Waals surface area contributed by atoms with Gasteiger partial charge in [-0.3, -0.25) is 4.79 Å². The van der Waals surface area contributed by atoms with Gasteiger partial charge in [0.25, 0.3) is 5.91 Å². The molecule has 0 fully saturated rings. The predicted molar refractivity (Wildman–Crippen MR) is 113 cm³/mol. The summed E-state index contributed by atoms with van der Waals surface area (Å²) < 4.78 is 16.1. The molecule has 30 heavy (non-hydrogen) atoms. The fraction of sp³-hybridized carbons (Fsp3) is 0.261. The number of rotatable bonds is 8. The van der Waals surface area contributed by atoms with Crippen LogP contribution in [0.25, 0.3) is 6.08 Å². The fourth-order valence-electron chi connectivity index (χ4n) is 2.58. The number of carbonyl (C=O) groups excluding carboxylic acids is 2. The Morgan fingerprint density at radius 2 is 1.87 bits per heavy atom. The largest absolute Gasteiger partial charge is 0.493 e. The van der Waals surface area contributed by atoms with Crippen molar-refractivity contribution in [3.05, 3.63) is 59.2 Å². The van der Waals surface area contributed by atoms with Gasteiger partial charge in [0.1, 0.15) is 11.6 Å². The molecule has 0 spiro atoms. The minimum Gasteiger partial charge on any atom is -0.493 e. The van der Waals surface area contributed by atoms with E-state index in [0.29, 0.717) is 28.3 Å². The maximum absolute atomic E-state index is 12.6. The van der Waals surface area contributed by atoms with Crippen molar-refractivity contribution in [2.45, 2.75) is 26.9 Å². The predicted octanol–water partition coefficient (Wildman–Crippen LogP) is 4.20. The van der Waals surface area contributed by atoms with Crippen LogP contribution in [0, 0.1) is 11.3 Å². The first kappa shape index (κ1) is 22.5. The molecule has 0 bridgehead atoms. The van der Waals surface area contributed by atoms with Gasteiger partial charge in [-0.25, -0.2) is 4.79 Å². The van der Waals surface area contributed by atoms with E-state index in [4.69, 9.17) is 14.2 Å². The average molecular weight is 408 g/mol. The number of nitrogens with zero attached hydrogens (tertiary/aromatic N) is 1. The molecule has 0 aromatic heterocycles. The number of nitriles is 1. The van der Waals surface area contributed by atoms with Gasteiger partial charge in [-0.2, -0.15) is 5.26 Å². The zero-order valence-electron chi connectivity index (χ0n) is 17.4. The van der Waals surface area contributed by atoms with E-state index in [2.05, 4.69) is 5.32 Å². The number of nitrogens with one attached hydrogen (secondary N) is 1. The lowest BCUT2D eigenvalue weighted by Crippen LogP contribution is -2.14. The fourth-order valence-corrected chi connectivity index (χ4v) is 2.58. The van der Waals surface area contributed by atoms with Gasteiger partial charge in [0.05, 0.1) is 25.4 Å². The van der Waals surface area contributed by atoms with Crippen LogP contribution in [0.4, 0.5) is 5.69 Å². The van der Waals surface area contributed by atoms with Crippen LogP contribution in [-0.4, -0.2) is 31.7 Å². The molecule has 156 valence electrons. The second-order valence-corrected chi connectivity index (χ2v) is 6.47. The smallest absolute Gasteiger partial charge is 0.338 e. The van der Waals surface area contributed by atoms with Gasteiger partial charge in [0.2, 0.25) is 0 Å². The van der Waals surface area contributed by atoms with Crippen LogP contribution in [0.15, 0.2) is 48.0 Å². The third-order valence-corrected chi connectivity index (χ3v) is 3.90. The molecule has 0 aliphatic carbocycles. The maximum atomic E-state index is 12.6. The zero-order valence-corrected chi connectivity index (χ0v) is 17.4. The standard InChI is InChI=1S/C23H24N2O5/c1-5-29-23(27)16-9-11-19(12-10-16)25-22(26)18(14-24)13-17-7-6-8-20(28-4)21(17)30-15(2)3/h6-13,15H,5H2,1-4H3,(H,25,26)/b18-13+. The van der Waals surface area contributed by atoms with Crippen molar-refractivity contribution in [1.29, 1.82) is 5.26 Å². The van der Waals surface area contributed by atoms with E-state index in [1.807, 2.05) is 19.9 Å². The van der Waals surface area contributed by atoms with E-state index in [0.717, 1.165) is 0 Å². The number of hydrogen-bond acceptors (Lipinski definition) is 6. The van der Waals surface area contributed by atoms with Crippen molar-refractivity contribution in [2.24, 2.45) is 0 Å². The highest BCUT2D eigenvalue weighted by molar-refractivity contribution is 6.10. The van der Waals surface area contributed by atoms with Gasteiger partial charge in [-0.15, -0.1) is 0 Å². The van der Waals surface area contributed by atoms with E-state index in [1.54, 1.807) is 49.4 Å². The Labute approximate surface area is 175 Å². The van der Waals surface area contributed by atoms with Gasteiger partial charge >= 0.3 is 5.97 Å². The normalized spacial score (nSPS) is 10.9. The second-order valence-electron chi connectivity index (χ2n) is 6.47. The van der Waals surface area contributed by atoms with E-state index >= 15 is 0 Å². The number of esters is 1. The van der Waals surface area contributed by atoms with E-state index < -0.39 is 11.9 Å². The first-order valence-electron chi connectivity index (χ1n) is 9.43. The van der Waals surface area contributed by atoms with Crippen molar-refractivity contribution >= 4 is 23.6 Å². The van der Waals surface area contributed by atoms with Gasteiger partial charge in [0.15, 0.2) is 11.5 Å². The van der Waals surface area contributed by atoms with Crippen LogP contribution >= 0.6 is 0 Å². The van der Waals surface area contributed by atoms with E-state index in [9.17, 15) is 14.9 Å². The molecule has 1 N–H and O–H groups in total. The molecule has 7 nitrogen and oxygen atoms in total. The van der Waals surface area contributed by atoms with E-state index in [1.165, 1.54) is 13.2 Å². The number of anilines is 1. The Kier molecular flexibility index (Phi) is 8.00. The van der Waals surface area contributed by atoms with Crippen molar-refractivity contribution < 1.29 is 23.8 Å². The lowest BCUT2D eigenvalue weighted by molar-refractivity contribution is -0.112. The summed E-state index contributed by atoms with van der Waals surface area (Å²) in [6, 6.07) is 13.4. The van der Waals surface area contributed by atoms with E-state index in [-0.39, 0.29) is 18.3 Å². The summed E-state index contributed by atoms with van der Waals surface area (Å²) in [6.45, 7) is 5.75. The SMILES string of the molecule is CCOC(=O)c1ccc(NC(=O)/C(C#N)=C/c2cccc(OC)c2OC(C)C)cc1. The van der Waals surface area contributed by atoms with Crippen molar-refractivity contribution in [3.8, 4) is 17.6 Å². The second kappa shape index (κ2) is 10.7. The summed E-state index contributed by atoms with van der Waals surface area (Å²) in [6.07, 6.45) is 1.33. The molecule has 2 aromatic carbocycles. The summed E-state index contributed by atoms with van der Waals surface area (Å²) in [5, 5.41) is 12.1. The number of benzene rings is 2. The number of methoxy groups -OCH3 is 1. The topological polar surface area (TPSA) is 97.7 Å². The summed E-state index contributed by atoms with van der Waals surface area (Å²) >= 11 is 0. The summed E-state index contributed by atoms with van der Waals surface area (Å²) in [7, 11) is 1.52. The number of ether oxygens (including phenoxy) is 3. The Hall–Kier alpha value is -3.79.